The highest BCUT2D eigenvalue weighted by molar-refractivity contribution is 5.74. The first-order chi connectivity index (χ1) is 10.7. The monoisotopic (exact) mass is 332 g/mol. The molecule has 0 fully saturated rings. The second kappa shape index (κ2) is 8.40. The highest BCUT2D eigenvalue weighted by Gasteiger charge is 2.30. The highest BCUT2D eigenvalue weighted by Crippen LogP contribution is 2.30. The highest BCUT2D eigenvalue weighted by atomic mass is 19.4. The molecule has 3 N–H and O–H groups in total. The minimum atomic E-state index is -4.37. The average Bonchev–Trinajstić information content (AvgIpc) is 2.48. The number of hydrogen-bond acceptors (Lipinski definition) is 2. The summed E-state index contributed by atoms with van der Waals surface area (Å²) in [5.41, 5.74) is -0.0261. The van der Waals surface area contributed by atoms with E-state index in [1.807, 2.05) is 0 Å². The van der Waals surface area contributed by atoms with Gasteiger partial charge in [-0.1, -0.05) is 19.1 Å². The summed E-state index contributed by atoms with van der Waals surface area (Å²) in [5.74, 6) is -1.08. The Balaban J connectivity index is 2.37. The number of halogens is 3. The van der Waals surface area contributed by atoms with Gasteiger partial charge in [0, 0.05) is 19.5 Å². The summed E-state index contributed by atoms with van der Waals surface area (Å²) >= 11 is 0. The Bertz CT molecular complexity index is 530. The van der Waals surface area contributed by atoms with Crippen molar-refractivity contribution in [1.29, 1.82) is 0 Å². The lowest BCUT2D eigenvalue weighted by Crippen LogP contribution is -2.38. The van der Waals surface area contributed by atoms with Crippen molar-refractivity contribution in [1.82, 2.24) is 10.6 Å². The standard InChI is InChI=1S/C15H19F3N2O3/c1-10(9-20-14(23)19-8-2-3-13(21)22)11-4-6-12(7-5-11)15(16,17)18/h4-7,10H,2-3,8-9H2,1H3,(H,21,22)(H2,19,20,23). The molecule has 0 saturated heterocycles. The van der Waals surface area contributed by atoms with Crippen molar-refractivity contribution in [3.63, 3.8) is 0 Å². The summed E-state index contributed by atoms with van der Waals surface area (Å²) in [6.07, 6.45) is -4.06. The minimum Gasteiger partial charge on any atom is -0.481 e. The average molecular weight is 332 g/mol. The largest absolute Gasteiger partial charge is 0.481 e. The first-order valence-electron chi connectivity index (χ1n) is 7.11. The molecule has 0 aliphatic carbocycles. The van der Waals surface area contributed by atoms with Gasteiger partial charge in [0.2, 0.25) is 0 Å². The molecule has 0 aliphatic rings. The Labute approximate surface area is 131 Å². The summed E-state index contributed by atoms with van der Waals surface area (Å²) in [6.45, 7) is 2.29. The zero-order valence-corrected chi connectivity index (χ0v) is 12.6. The number of benzene rings is 1. The molecule has 0 radical (unpaired) electrons. The molecule has 8 heteroatoms. The quantitative estimate of drug-likeness (QED) is 0.672. The van der Waals surface area contributed by atoms with Gasteiger partial charge in [0.1, 0.15) is 0 Å². The van der Waals surface area contributed by atoms with Crippen LogP contribution in [-0.2, 0) is 11.0 Å². The van der Waals surface area contributed by atoms with Gasteiger partial charge in [0.25, 0.3) is 0 Å². The number of aliphatic carboxylic acids is 1. The SMILES string of the molecule is CC(CNC(=O)NCCCC(=O)O)c1ccc(C(F)(F)F)cc1. The zero-order valence-electron chi connectivity index (χ0n) is 12.6. The second-order valence-corrected chi connectivity index (χ2v) is 5.15. The van der Waals surface area contributed by atoms with Crippen LogP contribution in [0.15, 0.2) is 24.3 Å². The Kier molecular flexibility index (Phi) is 6.87. The van der Waals surface area contributed by atoms with E-state index >= 15 is 0 Å². The van der Waals surface area contributed by atoms with Crippen molar-refractivity contribution in [3.05, 3.63) is 35.4 Å². The van der Waals surface area contributed by atoms with E-state index in [4.69, 9.17) is 5.11 Å². The number of carbonyl (C=O) groups is 2. The first-order valence-corrected chi connectivity index (χ1v) is 7.11. The van der Waals surface area contributed by atoms with Crippen LogP contribution < -0.4 is 10.6 Å². The molecule has 0 aromatic heterocycles. The number of hydrogen-bond donors (Lipinski definition) is 3. The van der Waals surface area contributed by atoms with Gasteiger partial charge in [0.15, 0.2) is 0 Å². The first kappa shape index (κ1) is 18.8. The van der Waals surface area contributed by atoms with E-state index < -0.39 is 23.7 Å². The van der Waals surface area contributed by atoms with Crippen LogP contribution in [0.25, 0.3) is 0 Å². The van der Waals surface area contributed by atoms with E-state index in [1.54, 1.807) is 6.92 Å². The van der Waals surface area contributed by atoms with Crippen molar-refractivity contribution < 1.29 is 27.9 Å². The summed E-state index contributed by atoms with van der Waals surface area (Å²) < 4.78 is 37.4. The normalized spacial score (nSPS) is 12.5. The molecule has 2 amide bonds. The molecule has 1 aromatic rings. The van der Waals surface area contributed by atoms with E-state index in [0.717, 1.165) is 12.1 Å². The fourth-order valence-electron chi connectivity index (χ4n) is 1.87. The number of carboxylic acid groups (broad SMARTS) is 1. The van der Waals surface area contributed by atoms with Crippen molar-refractivity contribution in [3.8, 4) is 0 Å². The summed E-state index contributed by atoms with van der Waals surface area (Å²) in [6, 6.07) is 4.37. The van der Waals surface area contributed by atoms with Gasteiger partial charge in [-0.05, 0) is 30.0 Å². The second-order valence-electron chi connectivity index (χ2n) is 5.15. The minimum absolute atomic E-state index is 0.0256. The molecule has 1 unspecified atom stereocenters. The van der Waals surface area contributed by atoms with Crippen LogP contribution in [0.4, 0.5) is 18.0 Å². The molecule has 23 heavy (non-hydrogen) atoms. The molecule has 0 saturated carbocycles. The third kappa shape index (κ3) is 7.03. The molecule has 1 rings (SSSR count). The molecular formula is C15H19F3N2O3. The number of nitrogens with one attached hydrogen (secondary N) is 2. The Morgan fingerprint density at radius 1 is 1.17 bits per heavy atom. The third-order valence-electron chi connectivity index (χ3n) is 3.23. The number of carboxylic acids is 1. The van der Waals surface area contributed by atoms with Crippen LogP contribution in [0.5, 0.6) is 0 Å². The van der Waals surface area contributed by atoms with Crippen molar-refractivity contribution in [2.45, 2.75) is 31.9 Å². The maximum atomic E-state index is 12.5. The van der Waals surface area contributed by atoms with E-state index in [0.29, 0.717) is 12.0 Å². The van der Waals surface area contributed by atoms with Crippen LogP contribution in [0.3, 0.4) is 0 Å². The van der Waals surface area contributed by atoms with Crippen LogP contribution >= 0.6 is 0 Å². The predicted octanol–water partition coefficient (Wildman–Crippen LogP) is 2.97. The van der Waals surface area contributed by atoms with Crippen molar-refractivity contribution in [2.24, 2.45) is 0 Å². The number of rotatable bonds is 7. The van der Waals surface area contributed by atoms with Crippen LogP contribution in [0.1, 0.15) is 36.8 Å². The lowest BCUT2D eigenvalue weighted by Gasteiger charge is -2.15. The summed E-state index contributed by atoms with van der Waals surface area (Å²) in [4.78, 5) is 21.8. The number of amides is 2. The fraction of sp³-hybridized carbons (Fsp3) is 0.467. The topological polar surface area (TPSA) is 78.4 Å². The summed E-state index contributed by atoms with van der Waals surface area (Å²) in [7, 11) is 0. The third-order valence-corrected chi connectivity index (χ3v) is 3.23. The van der Waals surface area contributed by atoms with Gasteiger partial charge in [0.05, 0.1) is 5.56 Å². The Morgan fingerprint density at radius 3 is 2.30 bits per heavy atom. The van der Waals surface area contributed by atoms with E-state index in [9.17, 15) is 22.8 Å². The smallest absolute Gasteiger partial charge is 0.416 e. The van der Waals surface area contributed by atoms with Gasteiger partial charge in [-0.3, -0.25) is 4.79 Å². The Hall–Kier alpha value is -2.25. The lowest BCUT2D eigenvalue weighted by molar-refractivity contribution is -0.138. The van der Waals surface area contributed by atoms with Gasteiger partial charge >= 0.3 is 18.2 Å². The molecule has 0 aliphatic heterocycles. The molecule has 0 spiro atoms. The fourth-order valence-corrected chi connectivity index (χ4v) is 1.87. The predicted molar refractivity (Wildman–Crippen MR) is 78.1 cm³/mol. The molecule has 1 aromatic carbocycles. The van der Waals surface area contributed by atoms with Crippen molar-refractivity contribution >= 4 is 12.0 Å². The van der Waals surface area contributed by atoms with Gasteiger partial charge in [-0.25, -0.2) is 4.79 Å². The van der Waals surface area contributed by atoms with Gasteiger partial charge in [-0.2, -0.15) is 13.2 Å². The molecule has 128 valence electrons. The number of alkyl halides is 3. The van der Waals surface area contributed by atoms with E-state index in [1.165, 1.54) is 12.1 Å². The molecular weight excluding hydrogens is 313 g/mol. The number of urea groups is 1. The van der Waals surface area contributed by atoms with E-state index in [-0.39, 0.29) is 25.4 Å². The maximum Gasteiger partial charge on any atom is 0.416 e. The van der Waals surface area contributed by atoms with Crippen LogP contribution in [-0.4, -0.2) is 30.2 Å². The number of carbonyl (C=O) groups excluding carboxylic acids is 1. The lowest BCUT2D eigenvalue weighted by atomic mass is 10.00. The van der Waals surface area contributed by atoms with Crippen molar-refractivity contribution in [2.75, 3.05) is 13.1 Å². The van der Waals surface area contributed by atoms with E-state index in [2.05, 4.69) is 10.6 Å². The van der Waals surface area contributed by atoms with Gasteiger partial charge < -0.3 is 15.7 Å². The van der Waals surface area contributed by atoms with Gasteiger partial charge in [-0.15, -0.1) is 0 Å². The molecule has 0 heterocycles. The summed E-state index contributed by atoms with van der Waals surface area (Å²) in [5, 5.41) is 13.6. The molecule has 1 atom stereocenters. The zero-order chi connectivity index (χ0) is 17.5. The van der Waals surface area contributed by atoms with Crippen LogP contribution in [0, 0.1) is 0 Å². The maximum absolute atomic E-state index is 12.5. The molecule has 0 bridgehead atoms. The van der Waals surface area contributed by atoms with Crippen LogP contribution in [0.2, 0.25) is 0 Å². The molecule has 5 nitrogen and oxygen atoms in total. The Morgan fingerprint density at radius 2 is 1.78 bits per heavy atom.